The molecule has 0 spiro atoms. The first-order valence-corrected chi connectivity index (χ1v) is 16.9. The lowest BCUT2D eigenvalue weighted by atomic mass is 10.0. The summed E-state index contributed by atoms with van der Waals surface area (Å²) in [4.78, 5) is 29.5. The lowest BCUT2D eigenvalue weighted by Crippen LogP contribution is -2.52. The van der Waals surface area contributed by atoms with E-state index in [1.165, 1.54) is 11.4 Å². The lowest BCUT2D eigenvalue weighted by molar-refractivity contribution is -0.141. The number of hydrogen-bond acceptors (Lipinski definition) is 5. The van der Waals surface area contributed by atoms with Crippen molar-refractivity contribution in [2.24, 2.45) is 0 Å². The second-order valence-electron chi connectivity index (χ2n) is 10.9. The summed E-state index contributed by atoms with van der Waals surface area (Å²) in [7, 11) is -2.17. The molecule has 0 heterocycles. The number of sulfonamides is 1. The molecule has 0 bridgehead atoms. The van der Waals surface area contributed by atoms with Crippen molar-refractivity contribution in [2.45, 2.75) is 63.6 Å². The maximum absolute atomic E-state index is 14.0. The molecule has 0 aliphatic heterocycles. The number of carbonyl (C=O) groups excluding carboxylic acids is 2. The molecule has 0 radical (unpaired) electrons. The Labute approximate surface area is 260 Å². The summed E-state index contributed by atoms with van der Waals surface area (Å²) in [5.74, 6) is -0.0232. The monoisotopic (exact) mass is 625 g/mol. The van der Waals surface area contributed by atoms with Crippen LogP contribution < -0.4 is 14.4 Å². The van der Waals surface area contributed by atoms with Crippen molar-refractivity contribution in [3.05, 3.63) is 95.0 Å². The van der Waals surface area contributed by atoms with Crippen LogP contribution in [0.1, 0.15) is 49.7 Å². The van der Waals surface area contributed by atoms with Gasteiger partial charge >= 0.3 is 0 Å². The van der Waals surface area contributed by atoms with Crippen LogP contribution in [-0.4, -0.2) is 57.1 Å². The zero-order valence-corrected chi connectivity index (χ0v) is 26.3. The molecule has 1 atom stereocenters. The second-order valence-corrected chi connectivity index (χ2v) is 13.2. The van der Waals surface area contributed by atoms with Crippen LogP contribution in [0.25, 0.3) is 0 Å². The summed E-state index contributed by atoms with van der Waals surface area (Å²) < 4.78 is 32.2. The van der Waals surface area contributed by atoms with Gasteiger partial charge in [0.1, 0.15) is 11.8 Å². The molecule has 8 nitrogen and oxygen atoms in total. The zero-order chi connectivity index (χ0) is 30.8. The number of hydrogen-bond donors (Lipinski definition) is 1. The van der Waals surface area contributed by atoms with Crippen LogP contribution >= 0.6 is 11.6 Å². The van der Waals surface area contributed by atoms with Crippen LogP contribution in [0.3, 0.4) is 0 Å². The van der Waals surface area contributed by atoms with Crippen molar-refractivity contribution in [1.82, 2.24) is 10.2 Å². The number of nitrogens with zero attached hydrogens (tertiary/aromatic N) is 2. The molecule has 1 N–H and O–H groups in total. The Balaban J connectivity index is 1.60. The molecular weight excluding hydrogens is 586 g/mol. The summed E-state index contributed by atoms with van der Waals surface area (Å²) in [5, 5.41) is 3.70. The Hall–Kier alpha value is -3.56. The van der Waals surface area contributed by atoms with Gasteiger partial charge in [-0.3, -0.25) is 13.9 Å². The minimum Gasteiger partial charge on any atom is -0.495 e. The van der Waals surface area contributed by atoms with E-state index in [0.717, 1.165) is 43.1 Å². The van der Waals surface area contributed by atoms with Crippen LogP contribution in [0.2, 0.25) is 5.02 Å². The fraction of sp³-hybridized carbons (Fsp3) is 0.394. The van der Waals surface area contributed by atoms with Gasteiger partial charge in [0.25, 0.3) is 0 Å². The Kier molecular flexibility index (Phi) is 11.5. The Morgan fingerprint density at radius 1 is 0.977 bits per heavy atom. The van der Waals surface area contributed by atoms with E-state index in [1.807, 2.05) is 48.5 Å². The van der Waals surface area contributed by atoms with E-state index >= 15 is 0 Å². The molecule has 3 aromatic carbocycles. The number of halogens is 1. The van der Waals surface area contributed by atoms with Crippen molar-refractivity contribution in [3.8, 4) is 5.75 Å². The number of ether oxygens (including phenoxy) is 1. The molecule has 1 saturated carbocycles. The number of para-hydroxylation sites is 2. The highest BCUT2D eigenvalue weighted by Gasteiger charge is 2.32. The van der Waals surface area contributed by atoms with Gasteiger partial charge in [-0.2, -0.15) is 0 Å². The number of amides is 2. The maximum Gasteiger partial charge on any atom is 0.243 e. The van der Waals surface area contributed by atoms with Crippen LogP contribution in [0, 0.1) is 0 Å². The Bertz CT molecular complexity index is 1480. The zero-order valence-electron chi connectivity index (χ0n) is 24.7. The quantitative estimate of drug-likeness (QED) is 0.252. The van der Waals surface area contributed by atoms with Crippen molar-refractivity contribution in [1.29, 1.82) is 0 Å². The lowest BCUT2D eigenvalue weighted by Gasteiger charge is -2.33. The van der Waals surface area contributed by atoms with E-state index < -0.39 is 16.1 Å². The number of rotatable bonds is 14. The van der Waals surface area contributed by atoms with E-state index in [-0.39, 0.29) is 43.8 Å². The summed E-state index contributed by atoms with van der Waals surface area (Å²) in [6.07, 6.45) is 5.73. The molecule has 43 heavy (non-hydrogen) atoms. The number of carbonyl (C=O) groups is 2. The number of benzene rings is 3. The minimum absolute atomic E-state index is 0.0353. The standard InChI is InChI=1S/C33H40ClN3O5S/c1-42-31-20-11-10-19-29(31)37(43(2,40)41)22-12-21-32(38)36(24-26-15-6-9-18-28(26)34)30(23-25-13-4-3-5-14-25)33(39)35-27-16-7-8-17-27/h3-6,9-11,13-15,18-20,27,30H,7-8,12,16-17,21-24H2,1-2H3,(H,35,39)/t30-/m1/s1. The molecule has 0 aromatic heterocycles. The summed E-state index contributed by atoms with van der Waals surface area (Å²) in [6, 6.07) is 23.1. The normalized spacial score (nSPS) is 14.2. The SMILES string of the molecule is COc1ccccc1N(CCCC(=O)N(Cc1ccccc1Cl)[C@H](Cc1ccccc1)C(=O)NC1CCCC1)S(C)(=O)=O. The first-order chi connectivity index (χ1) is 20.7. The first kappa shape index (κ1) is 32.4. The molecule has 10 heteroatoms. The summed E-state index contributed by atoms with van der Waals surface area (Å²) >= 11 is 6.52. The molecule has 2 amide bonds. The highest BCUT2D eigenvalue weighted by molar-refractivity contribution is 7.92. The summed E-state index contributed by atoms with van der Waals surface area (Å²) in [6.45, 7) is 0.221. The second kappa shape index (κ2) is 15.3. The molecule has 0 unspecified atom stereocenters. The van der Waals surface area contributed by atoms with Gasteiger partial charge < -0.3 is 15.0 Å². The Morgan fingerprint density at radius 2 is 1.63 bits per heavy atom. The smallest absolute Gasteiger partial charge is 0.243 e. The van der Waals surface area contributed by atoms with Gasteiger partial charge in [-0.1, -0.05) is 85.1 Å². The largest absolute Gasteiger partial charge is 0.495 e. The number of anilines is 1. The van der Waals surface area contributed by atoms with Crippen LogP contribution in [-0.2, 0) is 32.6 Å². The molecule has 1 aliphatic rings. The third-order valence-corrected chi connectivity index (χ3v) is 9.33. The average molecular weight is 626 g/mol. The summed E-state index contributed by atoms with van der Waals surface area (Å²) in [5.41, 5.74) is 2.08. The number of nitrogens with one attached hydrogen (secondary N) is 1. The van der Waals surface area contributed by atoms with Crippen LogP contribution in [0.5, 0.6) is 5.75 Å². The van der Waals surface area contributed by atoms with E-state index in [9.17, 15) is 18.0 Å². The average Bonchev–Trinajstić information content (AvgIpc) is 3.51. The van der Waals surface area contributed by atoms with E-state index in [4.69, 9.17) is 16.3 Å². The van der Waals surface area contributed by atoms with Gasteiger partial charge in [-0.25, -0.2) is 8.42 Å². The van der Waals surface area contributed by atoms with Gasteiger partial charge in [0.15, 0.2) is 0 Å². The van der Waals surface area contributed by atoms with Crippen LogP contribution in [0.4, 0.5) is 5.69 Å². The minimum atomic E-state index is -3.66. The Morgan fingerprint density at radius 3 is 2.30 bits per heavy atom. The molecular formula is C33H40ClN3O5S. The van der Waals surface area contributed by atoms with Gasteiger partial charge in [-0.15, -0.1) is 0 Å². The predicted octanol–water partition coefficient (Wildman–Crippen LogP) is 5.59. The van der Waals surface area contributed by atoms with E-state index in [2.05, 4.69) is 5.32 Å². The third kappa shape index (κ3) is 8.97. The van der Waals surface area contributed by atoms with Crippen LogP contribution in [0.15, 0.2) is 78.9 Å². The molecule has 1 aliphatic carbocycles. The van der Waals surface area contributed by atoms with Crippen molar-refractivity contribution >= 4 is 39.1 Å². The molecule has 1 fully saturated rings. The molecule has 3 aromatic rings. The first-order valence-electron chi connectivity index (χ1n) is 14.6. The fourth-order valence-electron chi connectivity index (χ4n) is 5.55. The molecule has 4 rings (SSSR count). The van der Waals surface area contributed by atoms with E-state index in [1.54, 1.807) is 35.2 Å². The fourth-order valence-corrected chi connectivity index (χ4v) is 6.71. The van der Waals surface area contributed by atoms with Crippen molar-refractivity contribution < 1.29 is 22.7 Å². The van der Waals surface area contributed by atoms with Gasteiger partial charge in [0.05, 0.1) is 19.1 Å². The maximum atomic E-state index is 14.0. The number of methoxy groups -OCH3 is 1. The third-order valence-electron chi connectivity index (χ3n) is 7.78. The topological polar surface area (TPSA) is 96.0 Å². The highest BCUT2D eigenvalue weighted by Crippen LogP contribution is 2.30. The van der Waals surface area contributed by atoms with Crippen molar-refractivity contribution in [3.63, 3.8) is 0 Å². The van der Waals surface area contributed by atoms with Gasteiger partial charge in [-0.05, 0) is 48.6 Å². The predicted molar refractivity (Wildman–Crippen MR) is 171 cm³/mol. The van der Waals surface area contributed by atoms with Gasteiger partial charge in [0, 0.05) is 37.0 Å². The van der Waals surface area contributed by atoms with E-state index in [0.29, 0.717) is 22.9 Å². The molecule has 0 saturated heterocycles. The van der Waals surface area contributed by atoms with Crippen molar-refractivity contribution in [2.75, 3.05) is 24.2 Å². The molecule has 230 valence electrons. The highest BCUT2D eigenvalue weighted by atomic mass is 35.5. The van der Waals surface area contributed by atoms with Gasteiger partial charge in [0.2, 0.25) is 21.8 Å².